The third-order valence-electron chi connectivity index (χ3n) is 6.80. The van der Waals surface area contributed by atoms with Crippen molar-refractivity contribution in [1.29, 1.82) is 0 Å². The van der Waals surface area contributed by atoms with E-state index >= 15 is 0 Å². The summed E-state index contributed by atoms with van der Waals surface area (Å²) in [4.78, 5) is 13.3. The van der Waals surface area contributed by atoms with Crippen LogP contribution in [0.2, 0.25) is 0 Å². The van der Waals surface area contributed by atoms with Crippen LogP contribution in [0, 0.1) is 17.8 Å². The summed E-state index contributed by atoms with van der Waals surface area (Å²) in [6.07, 6.45) is 7.49. The van der Waals surface area contributed by atoms with Gasteiger partial charge in [-0.25, -0.2) is 13.1 Å². The van der Waals surface area contributed by atoms with Crippen molar-refractivity contribution in [3.8, 4) is 0 Å². The standard InChI is InChI=1S/C21H28N2O3S3/c24-20(14-11-15-3-1-4-16(12-14)21(15)27-9-10-28-21)22-18-5-2-6-19(13-18)29(25,26)23-17-7-8-17/h2,5-6,13-17,23H,1,3-4,7-12H2,(H,22,24). The van der Waals surface area contributed by atoms with Crippen molar-refractivity contribution in [2.75, 3.05) is 16.8 Å². The van der Waals surface area contributed by atoms with E-state index in [1.165, 1.54) is 30.8 Å². The number of nitrogens with one attached hydrogen (secondary N) is 2. The summed E-state index contributed by atoms with van der Waals surface area (Å²) in [6.45, 7) is 0. The SMILES string of the molecule is O=C(Nc1cccc(S(=O)(=O)NC2CC2)c1)C1CC2CCCC(C1)C21SCCS1. The molecule has 2 atom stereocenters. The van der Waals surface area contributed by atoms with Gasteiger partial charge in [-0.2, -0.15) is 0 Å². The maximum Gasteiger partial charge on any atom is 0.240 e. The topological polar surface area (TPSA) is 75.3 Å². The van der Waals surface area contributed by atoms with Crippen LogP contribution in [0.25, 0.3) is 0 Å². The van der Waals surface area contributed by atoms with Gasteiger partial charge >= 0.3 is 0 Å². The predicted molar refractivity (Wildman–Crippen MR) is 120 cm³/mol. The van der Waals surface area contributed by atoms with Crippen molar-refractivity contribution < 1.29 is 13.2 Å². The van der Waals surface area contributed by atoms with Crippen molar-refractivity contribution in [2.24, 2.45) is 17.8 Å². The van der Waals surface area contributed by atoms with Crippen LogP contribution in [-0.2, 0) is 14.8 Å². The lowest BCUT2D eigenvalue weighted by Crippen LogP contribution is -2.48. The quantitative estimate of drug-likeness (QED) is 0.704. The lowest BCUT2D eigenvalue weighted by molar-refractivity contribution is -0.122. The second kappa shape index (κ2) is 7.77. The Balaban J connectivity index is 1.28. The van der Waals surface area contributed by atoms with Gasteiger partial charge in [0, 0.05) is 29.2 Å². The molecule has 2 unspecified atom stereocenters. The van der Waals surface area contributed by atoms with Crippen LogP contribution in [-0.4, -0.2) is 36.0 Å². The van der Waals surface area contributed by atoms with E-state index in [0.717, 1.165) is 25.7 Å². The second-order valence-corrected chi connectivity index (χ2v) is 13.5. The number of hydrogen-bond acceptors (Lipinski definition) is 5. The number of benzene rings is 1. The van der Waals surface area contributed by atoms with Gasteiger partial charge in [0.2, 0.25) is 15.9 Å². The minimum atomic E-state index is -3.51. The molecule has 1 amide bonds. The van der Waals surface area contributed by atoms with E-state index in [1.54, 1.807) is 24.3 Å². The van der Waals surface area contributed by atoms with E-state index in [2.05, 4.69) is 33.6 Å². The van der Waals surface area contributed by atoms with Gasteiger partial charge in [-0.05, 0) is 68.6 Å². The van der Waals surface area contributed by atoms with Crippen LogP contribution in [0.4, 0.5) is 5.69 Å². The van der Waals surface area contributed by atoms with E-state index in [-0.39, 0.29) is 22.8 Å². The molecule has 3 saturated carbocycles. The molecule has 158 valence electrons. The first-order chi connectivity index (χ1) is 14.0. The fourth-order valence-electron chi connectivity index (χ4n) is 5.30. The smallest absolute Gasteiger partial charge is 0.240 e. The van der Waals surface area contributed by atoms with Gasteiger partial charge in [-0.3, -0.25) is 4.79 Å². The van der Waals surface area contributed by atoms with Crippen molar-refractivity contribution in [1.82, 2.24) is 4.72 Å². The number of carbonyl (C=O) groups is 1. The number of anilines is 1. The first-order valence-electron chi connectivity index (χ1n) is 10.7. The summed E-state index contributed by atoms with van der Waals surface area (Å²) in [5, 5.41) is 3.02. The Hall–Kier alpha value is -0.700. The third kappa shape index (κ3) is 3.98. The minimum absolute atomic E-state index is 0.0302. The van der Waals surface area contributed by atoms with E-state index in [1.807, 2.05) is 0 Å². The van der Waals surface area contributed by atoms with Crippen LogP contribution < -0.4 is 10.0 Å². The number of carbonyl (C=O) groups excluding carboxylic acids is 1. The number of sulfonamides is 1. The molecule has 1 saturated heterocycles. The van der Waals surface area contributed by atoms with Gasteiger partial charge < -0.3 is 5.32 Å². The monoisotopic (exact) mass is 452 g/mol. The van der Waals surface area contributed by atoms with E-state index in [4.69, 9.17) is 0 Å². The van der Waals surface area contributed by atoms with Crippen molar-refractivity contribution >= 4 is 45.1 Å². The molecule has 8 heteroatoms. The fraction of sp³-hybridized carbons (Fsp3) is 0.667. The van der Waals surface area contributed by atoms with Crippen molar-refractivity contribution in [2.45, 2.75) is 60.0 Å². The summed E-state index contributed by atoms with van der Waals surface area (Å²) >= 11 is 4.30. The summed E-state index contributed by atoms with van der Waals surface area (Å²) in [5.74, 6) is 3.81. The summed E-state index contributed by atoms with van der Waals surface area (Å²) in [7, 11) is -3.51. The molecule has 5 rings (SSSR count). The number of rotatable bonds is 5. The molecule has 4 aliphatic rings. The third-order valence-corrected chi connectivity index (χ3v) is 12.3. The van der Waals surface area contributed by atoms with E-state index < -0.39 is 10.0 Å². The molecule has 3 aliphatic carbocycles. The Labute approximate surface area is 181 Å². The first kappa shape index (κ1) is 20.2. The first-order valence-corrected chi connectivity index (χ1v) is 14.1. The number of thioether (sulfide) groups is 2. The Morgan fingerprint density at radius 3 is 2.38 bits per heavy atom. The maximum absolute atomic E-state index is 13.1. The summed E-state index contributed by atoms with van der Waals surface area (Å²) < 4.78 is 28.0. The zero-order valence-electron chi connectivity index (χ0n) is 16.4. The van der Waals surface area contributed by atoms with Crippen molar-refractivity contribution in [3.05, 3.63) is 24.3 Å². The molecule has 1 heterocycles. The van der Waals surface area contributed by atoms with Gasteiger partial charge in [0.15, 0.2) is 0 Å². The molecule has 0 radical (unpaired) electrons. The van der Waals surface area contributed by atoms with Gasteiger partial charge in [0.05, 0.1) is 8.97 Å². The average molecular weight is 453 g/mol. The lowest BCUT2D eigenvalue weighted by Gasteiger charge is -2.52. The highest BCUT2D eigenvalue weighted by Crippen LogP contribution is 2.64. The molecule has 1 spiro atoms. The molecule has 29 heavy (non-hydrogen) atoms. The number of amides is 1. The van der Waals surface area contributed by atoms with Gasteiger partial charge in [-0.15, -0.1) is 23.5 Å². The van der Waals surface area contributed by atoms with Gasteiger partial charge in [0.25, 0.3) is 0 Å². The van der Waals surface area contributed by atoms with E-state index in [9.17, 15) is 13.2 Å². The zero-order chi connectivity index (χ0) is 20.1. The largest absolute Gasteiger partial charge is 0.326 e. The fourth-order valence-corrected chi connectivity index (χ4v) is 10.6. The summed E-state index contributed by atoms with van der Waals surface area (Å²) in [6, 6.07) is 6.72. The van der Waals surface area contributed by atoms with Gasteiger partial charge in [0.1, 0.15) is 0 Å². The molecule has 0 aromatic heterocycles. The molecule has 1 aromatic rings. The highest BCUT2D eigenvalue weighted by atomic mass is 32.2. The Morgan fingerprint density at radius 1 is 1.03 bits per heavy atom. The van der Waals surface area contributed by atoms with Crippen LogP contribution in [0.3, 0.4) is 0 Å². The minimum Gasteiger partial charge on any atom is -0.326 e. The summed E-state index contributed by atoms with van der Waals surface area (Å²) in [5.41, 5.74) is 0.573. The van der Waals surface area contributed by atoms with E-state index in [0.29, 0.717) is 21.6 Å². The molecular formula is C21H28N2O3S3. The van der Waals surface area contributed by atoms with Crippen molar-refractivity contribution in [3.63, 3.8) is 0 Å². The lowest BCUT2D eigenvalue weighted by atomic mass is 9.67. The molecule has 5 nitrogen and oxygen atoms in total. The average Bonchev–Trinajstić information content (AvgIpc) is 3.36. The van der Waals surface area contributed by atoms with Gasteiger partial charge in [-0.1, -0.05) is 12.5 Å². The Kier molecular flexibility index (Phi) is 5.42. The molecule has 1 aliphatic heterocycles. The maximum atomic E-state index is 13.1. The zero-order valence-corrected chi connectivity index (χ0v) is 18.9. The van der Waals surface area contributed by atoms with Crippen LogP contribution in [0.5, 0.6) is 0 Å². The molecular weight excluding hydrogens is 424 g/mol. The van der Waals surface area contributed by atoms with Crippen LogP contribution in [0.15, 0.2) is 29.2 Å². The van der Waals surface area contributed by atoms with Crippen LogP contribution >= 0.6 is 23.5 Å². The second-order valence-electron chi connectivity index (χ2n) is 8.82. The molecule has 1 aromatic carbocycles. The number of hydrogen-bond donors (Lipinski definition) is 2. The van der Waals surface area contributed by atoms with Crippen LogP contribution in [0.1, 0.15) is 44.9 Å². The highest BCUT2D eigenvalue weighted by Gasteiger charge is 2.55. The molecule has 4 fully saturated rings. The normalized spacial score (nSPS) is 31.0. The Bertz CT molecular complexity index is 878. The molecule has 2 bridgehead atoms. The Morgan fingerprint density at radius 2 is 1.72 bits per heavy atom. The predicted octanol–water partition coefficient (Wildman–Crippen LogP) is 4.07. The molecule has 2 N–H and O–H groups in total. The highest BCUT2D eigenvalue weighted by molar-refractivity contribution is 8.21.